The van der Waals surface area contributed by atoms with Gasteiger partial charge in [-0.1, -0.05) is 57.5 Å². The molecule has 1 aromatic carbocycles. The maximum Gasteiger partial charge on any atom is 0.220 e. The molecule has 0 aliphatic heterocycles. The van der Waals surface area contributed by atoms with E-state index in [4.69, 9.17) is 5.73 Å². The lowest BCUT2D eigenvalue weighted by molar-refractivity contribution is -0.122. The maximum atomic E-state index is 11.9. The van der Waals surface area contributed by atoms with Gasteiger partial charge in [0.2, 0.25) is 5.91 Å². The van der Waals surface area contributed by atoms with E-state index in [1.165, 1.54) is 5.56 Å². The predicted octanol–water partition coefficient (Wildman–Crippen LogP) is 2.46. The maximum absolute atomic E-state index is 11.9. The normalized spacial score (nSPS) is 13.1. The van der Waals surface area contributed by atoms with Gasteiger partial charge in [-0.2, -0.15) is 0 Å². The molecule has 0 bridgehead atoms. The van der Waals surface area contributed by atoms with Crippen LogP contribution in [0.2, 0.25) is 0 Å². The summed E-state index contributed by atoms with van der Waals surface area (Å²) in [4.78, 5) is 11.9. The van der Waals surface area contributed by atoms with E-state index in [0.717, 1.165) is 6.42 Å². The van der Waals surface area contributed by atoms with E-state index in [-0.39, 0.29) is 11.3 Å². The lowest BCUT2D eigenvalue weighted by Gasteiger charge is -2.26. The highest BCUT2D eigenvalue weighted by molar-refractivity contribution is 5.76. The summed E-state index contributed by atoms with van der Waals surface area (Å²) in [5, 5.41) is 3.03. The van der Waals surface area contributed by atoms with Crippen LogP contribution in [0.5, 0.6) is 0 Å². The zero-order valence-corrected chi connectivity index (χ0v) is 12.3. The van der Waals surface area contributed by atoms with E-state index in [1.54, 1.807) is 0 Å². The molecule has 0 heterocycles. The molecular weight excluding hydrogens is 236 g/mol. The topological polar surface area (TPSA) is 55.1 Å². The summed E-state index contributed by atoms with van der Waals surface area (Å²) in [5.41, 5.74) is 6.81. The minimum Gasteiger partial charge on any atom is -0.355 e. The highest BCUT2D eigenvalue weighted by Crippen LogP contribution is 2.21. The van der Waals surface area contributed by atoms with Crippen LogP contribution < -0.4 is 11.1 Å². The van der Waals surface area contributed by atoms with Crippen LogP contribution in [0.3, 0.4) is 0 Å². The molecule has 0 spiro atoms. The summed E-state index contributed by atoms with van der Waals surface area (Å²) >= 11 is 0. The monoisotopic (exact) mass is 262 g/mol. The average molecular weight is 262 g/mol. The van der Waals surface area contributed by atoms with Crippen molar-refractivity contribution in [1.29, 1.82) is 0 Å². The van der Waals surface area contributed by atoms with Crippen molar-refractivity contribution in [3.8, 4) is 0 Å². The Morgan fingerprint density at radius 3 is 2.47 bits per heavy atom. The van der Waals surface area contributed by atoms with Gasteiger partial charge in [0.25, 0.3) is 0 Å². The van der Waals surface area contributed by atoms with E-state index in [9.17, 15) is 4.79 Å². The summed E-state index contributed by atoms with van der Waals surface area (Å²) in [6, 6.07) is 10.3. The van der Waals surface area contributed by atoms with Gasteiger partial charge in [0.15, 0.2) is 0 Å². The molecule has 1 unspecified atom stereocenters. The second kappa shape index (κ2) is 7.29. The van der Waals surface area contributed by atoms with Crippen LogP contribution in [0.1, 0.15) is 39.2 Å². The van der Waals surface area contributed by atoms with Crippen molar-refractivity contribution in [2.45, 2.75) is 39.0 Å². The highest BCUT2D eigenvalue weighted by atomic mass is 16.1. The first kappa shape index (κ1) is 15.7. The third kappa shape index (κ3) is 5.03. The van der Waals surface area contributed by atoms with Gasteiger partial charge in [-0.15, -0.1) is 0 Å². The Morgan fingerprint density at radius 1 is 1.32 bits per heavy atom. The van der Waals surface area contributed by atoms with Crippen molar-refractivity contribution in [2.24, 2.45) is 11.7 Å². The van der Waals surface area contributed by atoms with Gasteiger partial charge in [0.1, 0.15) is 0 Å². The molecule has 3 nitrogen and oxygen atoms in total. The first-order valence-electron chi connectivity index (χ1n) is 7.02. The Morgan fingerprint density at radius 2 is 1.95 bits per heavy atom. The molecule has 1 aromatic rings. The number of amides is 1. The first-order valence-corrected chi connectivity index (χ1v) is 7.02. The second-order valence-corrected chi connectivity index (χ2v) is 5.74. The number of carbonyl (C=O) groups is 1. The molecule has 1 rings (SSSR count). The van der Waals surface area contributed by atoms with Crippen molar-refractivity contribution >= 4 is 5.91 Å². The van der Waals surface area contributed by atoms with Gasteiger partial charge in [-0.25, -0.2) is 0 Å². The Balaban J connectivity index is 2.49. The Labute approximate surface area is 116 Å². The van der Waals surface area contributed by atoms with E-state index in [2.05, 4.69) is 38.2 Å². The molecule has 1 atom stereocenters. The van der Waals surface area contributed by atoms with Crippen molar-refractivity contribution < 1.29 is 4.79 Å². The molecule has 0 aliphatic carbocycles. The predicted molar refractivity (Wildman–Crippen MR) is 79.9 cm³/mol. The molecule has 3 heteroatoms. The van der Waals surface area contributed by atoms with Crippen LogP contribution in [0.15, 0.2) is 30.3 Å². The number of nitrogens with two attached hydrogens (primary N) is 1. The van der Waals surface area contributed by atoms with Crippen molar-refractivity contribution in [3.63, 3.8) is 0 Å². The Hall–Kier alpha value is -1.35. The lowest BCUT2D eigenvalue weighted by atomic mass is 9.84. The molecule has 0 fully saturated rings. The van der Waals surface area contributed by atoms with Crippen LogP contribution in [0.25, 0.3) is 0 Å². The van der Waals surface area contributed by atoms with E-state index in [0.29, 0.717) is 25.4 Å². The zero-order chi connectivity index (χ0) is 14.3. The number of benzene rings is 1. The molecule has 0 aliphatic rings. The summed E-state index contributed by atoms with van der Waals surface area (Å²) < 4.78 is 0. The van der Waals surface area contributed by atoms with Gasteiger partial charge >= 0.3 is 0 Å². The zero-order valence-electron chi connectivity index (χ0n) is 12.3. The van der Waals surface area contributed by atoms with E-state index in [1.807, 2.05) is 18.2 Å². The fourth-order valence-corrected chi connectivity index (χ4v) is 2.04. The minimum absolute atomic E-state index is 0.0542. The van der Waals surface area contributed by atoms with Crippen LogP contribution >= 0.6 is 0 Å². The number of hydrogen-bond acceptors (Lipinski definition) is 2. The molecule has 19 heavy (non-hydrogen) atoms. The molecule has 0 radical (unpaired) electrons. The molecule has 0 aromatic heterocycles. The fourth-order valence-electron chi connectivity index (χ4n) is 2.04. The Bertz CT molecular complexity index is 383. The second-order valence-electron chi connectivity index (χ2n) is 5.74. The van der Waals surface area contributed by atoms with Gasteiger partial charge in [0.05, 0.1) is 0 Å². The lowest BCUT2D eigenvalue weighted by Crippen LogP contribution is -2.37. The summed E-state index contributed by atoms with van der Waals surface area (Å²) in [7, 11) is 0. The fraction of sp³-hybridized carbons (Fsp3) is 0.562. The van der Waals surface area contributed by atoms with Crippen molar-refractivity contribution in [1.82, 2.24) is 5.32 Å². The molecule has 106 valence electrons. The molecular formula is C16H26N2O. The van der Waals surface area contributed by atoms with Crippen LogP contribution in [0.4, 0.5) is 0 Å². The Kier molecular flexibility index (Phi) is 6.03. The molecule has 0 saturated carbocycles. The number of hydrogen-bond donors (Lipinski definition) is 2. The number of rotatable bonds is 7. The number of nitrogens with one attached hydrogen (secondary N) is 1. The van der Waals surface area contributed by atoms with Gasteiger partial charge < -0.3 is 11.1 Å². The van der Waals surface area contributed by atoms with Gasteiger partial charge in [-0.05, 0) is 18.0 Å². The van der Waals surface area contributed by atoms with E-state index >= 15 is 0 Å². The summed E-state index contributed by atoms with van der Waals surface area (Å²) in [5.74, 6) is 0.390. The SMILES string of the molecule is CCC(CN)CC(=O)NCC(C)(C)c1ccccc1. The van der Waals surface area contributed by atoms with Crippen LogP contribution in [-0.2, 0) is 10.2 Å². The largest absolute Gasteiger partial charge is 0.355 e. The van der Waals surface area contributed by atoms with Crippen LogP contribution in [0, 0.1) is 5.92 Å². The average Bonchev–Trinajstić information content (AvgIpc) is 2.43. The molecule has 1 amide bonds. The van der Waals surface area contributed by atoms with Crippen molar-refractivity contribution in [3.05, 3.63) is 35.9 Å². The smallest absolute Gasteiger partial charge is 0.220 e. The first-order chi connectivity index (χ1) is 8.99. The summed E-state index contributed by atoms with van der Waals surface area (Å²) in [6.45, 7) is 7.58. The minimum atomic E-state index is -0.0542. The standard InChI is InChI=1S/C16H26N2O/c1-4-13(11-17)10-15(19)18-12-16(2,3)14-8-6-5-7-9-14/h5-9,13H,4,10-12,17H2,1-3H3,(H,18,19). The van der Waals surface area contributed by atoms with Gasteiger partial charge in [0, 0.05) is 18.4 Å². The third-order valence-electron chi connectivity index (χ3n) is 3.67. The third-order valence-corrected chi connectivity index (χ3v) is 3.67. The van der Waals surface area contributed by atoms with Crippen LogP contribution in [-0.4, -0.2) is 19.0 Å². The van der Waals surface area contributed by atoms with Gasteiger partial charge in [-0.3, -0.25) is 4.79 Å². The van der Waals surface area contributed by atoms with Crippen molar-refractivity contribution in [2.75, 3.05) is 13.1 Å². The number of carbonyl (C=O) groups excluding carboxylic acids is 1. The quantitative estimate of drug-likeness (QED) is 0.793. The summed E-state index contributed by atoms with van der Waals surface area (Å²) in [6.07, 6.45) is 1.48. The molecule has 0 saturated heterocycles. The van der Waals surface area contributed by atoms with E-state index < -0.39 is 0 Å². The molecule has 3 N–H and O–H groups in total. The highest BCUT2D eigenvalue weighted by Gasteiger charge is 2.21.